The molecule has 2 fully saturated rings. The number of aromatic nitrogens is 1. The minimum absolute atomic E-state index is 0.0147. The van der Waals surface area contributed by atoms with Crippen LogP contribution < -0.4 is 16.4 Å². The SMILES string of the molecule is CO/N=C(\C(=O)N[C@@H]1C(=O)N2C(C(=O)O)=C(CN3CCNCC3)CS[C@H]12)c1csc(N)n1. The number of fused-ring (bicyclic) bond motifs is 1. The summed E-state index contributed by atoms with van der Waals surface area (Å²) in [7, 11) is 1.29. The van der Waals surface area contributed by atoms with Crippen molar-refractivity contribution in [2.45, 2.75) is 11.4 Å². The molecule has 2 amide bonds. The van der Waals surface area contributed by atoms with Crippen molar-refractivity contribution < 1.29 is 24.3 Å². The van der Waals surface area contributed by atoms with Crippen molar-refractivity contribution in [2.24, 2.45) is 5.16 Å². The summed E-state index contributed by atoms with van der Waals surface area (Å²) in [6, 6.07) is -0.874. The Morgan fingerprint density at radius 1 is 1.44 bits per heavy atom. The molecule has 3 aliphatic rings. The molecule has 0 radical (unpaired) electrons. The number of carbonyl (C=O) groups excluding carboxylic acids is 2. The van der Waals surface area contributed by atoms with E-state index in [2.05, 4.69) is 25.7 Å². The van der Waals surface area contributed by atoms with Gasteiger partial charge in [0.2, 0.25) is 0 Å². The Labute approximate surface area is 191 Å². The van der Waals surface area contributed by atoms with Crippen LogP contribution >= 0.6 is 23.1 Å². The smallest absolute Gasteiger partial charge is 0.352 e. The number of rotatable bonds is 7. The lowest BCUT2D eigenvalue weighted by atomic mass is 10.0. The summed E-state index contributed by atoms with van der Waals surface area (Å²) in [5, 5.41) is 20.8. The summed E-state index contributed by atoms with van der Waals surface area (Å²) in [5.74, 6) is -1.80. The maximum Gasteiger partial charge on any atom is 0.352 e. The average molecular weight is 482 g/mol. The molecule has 4 rings (SSSR count). The fraction of sp³-hybridized carbons (Fsp3) is 0.500. The third kappa shape index (κ3) is 4.30. The Kier molecular flexibility index (Phi) is 6.64. The lowest BCUT2D eigenvalue weighted by molar-refractivity contribution is -0.150. The second kappa shape index (κ2) is 9.44. The summed E-state index contributed by atoms with van der Waals surface area (Å²) < 4.78 is 0. The summed E-state index contributed by atoms with van der Waals surface area (Å²) >= 11 is 2.57. The van der Waals surface area contributed by atoms with E-state index in [0.717, 1.165) is 37.5 Å². The highest BCUT2D eigenvalue weighted by molar-refractivity contribution is 8.00. The first kappa shape index (κ1) is 22.5. The number of hydrogen-bond donors (Lipinski definition) is 4. The van der Waals surface area contributed by atoms with Crippen molar-refractivity contribution in [3.8, 4) is 0 Å². The number of hydrogen-bond acceptors (Lipinski definition) is 11. The molecule has 2 atom stereocenters. The van der Waals surface area contributed by atoms with Crippen LogP contribution in [0.4, 0.5) is 5.13 Å². The first-order valence-corrected chi connectivity index (χ1v) is 11.8. The van der Waals surface area contributed by atoms with Crippen molar-refractivity contribution in [1.29, 1.82) is 0 Å². The van der Waals surface area contributed by atoms with Crippen LogP contribution in [0.2, 0.25) is 0 Å². The number of anilines is 1. The lowest BCUT2D eigenvalue weighted by Gasteiger charge is -2.49. The molecule has 32 heavy (non-hydrogen) atoms. The molecule has 0 aromatic carbocycles. The van der Waals surface area contributed by atoms with E-state index in [9.17, 15) is 19.5 Å². The number of nitrogens with two attached hydrogens (primary N) is 1. The van der Waals surface area contributed by atoms with Crippen LogP contribution in [0.25, 0.3) is 0 Å². The van der Waals surface area contributed by atoms with E-state index in [1.54, 1.807) is 5.38 Å². The van der Waals surface area contributed by atoms with E-state index in [4.69, 9.17) is 10.6 Å². The van der Waals surface area contributed by atoms with Crippen LogP contribution in [0.5, 0.6) is 0 Å². The van der Waals surface area contributed by atoms with Gasteiger partial charge in [-0.25, -0.2) is 9.78 Å². The summed E-state index contributed by atoms with van der Waals surface area (Å²) in [5.41, 5.74) is 6.48. The van der Waals surface area contributed by atoms with Crippen molar-refractivity contribution >= 4 is 51.7 Å². The predicted octanol–water partition coefficient (Wildman–Crippen LogP) is -1.28. The van der Waals surface area contributed by atoms with Crippen LogP contribution in [0.1, 0.15) is 5.69 Å². The van der Waals surface area contributed by atoms with Crippen LogP contribution in [-0.4, -0.2) is 100 Å². The van der Waals surface area contributed by atoms with Gasteiger partial charge >= 0.3 is 5.97 Å². The van der Waals surface area contributed by atoms with E-state index < -0.39 is 29.2 Å². The van der Waals surface area contributed by atoms with E-state index in [1.807, 2.05) is 0 Å². The van der Waals surface area contributed by atoms with E-state index in [0.29, 0.717) is 17.9 Å². The quantitative estimate of drug-likeness (QED) is 0.210. The van der Waals surface area contributed by atoms with Crippen molar-refractivity contribution in [2.75, 3.05) is 51.3 Å². The molecule has 1 aromatic rings. The maximum atomic E-state index is 12.9. The summed E-state index contributed by atoms with van der Waals surface area (Å²) in [4.78, 5) is 49.9. The molecule has 4 heterocycles. The Bertz CT molecular complexity index is 988. The van der Waals surface area contributed by atoms with Gasteiger partial charge in [-0.2, -0.15) is 0 Å². The van der Waals surface area contributed by atoms with E-state index in [-0.39, 0.29) is 22.2 Å². The molecule has 12 nitrogen and oxygen atoms in total. The summed E-state index contributed by atoms with van der Waals surface area (Å²) in [6.07, 6.45) is 0. The second-order valence-electron chi connectivity index (χ2n) is 7.34. The fourth-order valence-electron chi connectivity index (χ4n) is 3.85. The van der Waals surface area contributed by atoms with Crippen LogP contribution in [0.15, 0.2) is 21.8 Å². The minimum atomic E-state index is -1.14. The Morgan fingerprint density at radius 2 is 2.19 bits per heavy atom. The van der Waals surface area contributed by atoms with Gasteiger partial charge in [-0.15, -0.1) is 23.1 Å². The standard InChI is InChI=1S/C18H23N7O5S2/c1-30-23-11(10-8-32-18(19)21-10)14(26)22-12-15(27)25-13(17(28)29)9(7-31-16(12)25)6-24-4-2-20-3-5-24/h8,12,16,20H,2-7H2,1H3,(H2,19,21)(H,22,26)(H,28,29)/b23-11-/t12-,16-/m1/s1. The highest BCUT2D eigenvalue weighted by Crippen LogP contribution is 2.40. The van der Waals surface area contributed by atoms with Crippen LogP contribution in [0, 0.1) is 0 Å². The number of oxime groups is 1. The van der Waals surface area contributed by atoms with Gasteiger partial charge in [0.05, 0.1) is 0 Å². The van der Waals surface area contributed by atoms with Gasteiger partial charge in [-0.3, -0.25) is 19.4 Å². The number of nitrogens with zero attached hydrogens (tertiary/aromatic N) is 4. The molecule has 5 N–H and O–H groups in total. The average Bonchev–Trinajstić information content (AvgIpc) is 3.21. The maximum absolute atomic E-state index is 12.9. The molecule has 2 saturated heterocycles. The molecular weight excluding hydrogens is 458 g/mol. The number of carboxylic acids is 1. The predicted molar refractivity (Wildman–Crippen MR) is 119 cm³/mol. The van der Waals surface area contributed by atoms with Crippen molar-refractivity contribution in [3.63, 3.8) is 0 Å². The first-order valence-electron chi connectivity index (χ1n) is 9.87. The van der Waals surface area contributed by atoms with Gasteiger partial charge in [-0.05, 0) is 5.57 Å². The van der Waals surface area contributed by atoms with Crippen LogP contribution in [-0.2, 0) is 19.2 Å². The number of carbonyl (C=O) groups is 3. The molecule has 3 aliphatic heterocycles. The lowest BCUT2D eigenvalue weighted by Crippen LogP contribution is -2.71. The van der Waals surface area contributed by atoms with Gasteiger partial charge in [0.15, 0.2) is 10.8 Å². The van der Waals surface area contributed by atoms with Gasteiger partial charge in [0.1, 0.15) is 29.9 Å². The third-order valence-electron chi connectivity index (χ3n) is 5.32. The van der Waals surface area contributed by atoms with Gasteiger partial charge in [0.25, 0.3) is 11.8 Å². The number of β-lactam (4-membered cyclic amide) rings is 1. The number of nitrogens with one attached hydrogen (secondary N) is 2. The topological polar surface area (TPSA) is 162 Å². The normalized spacial score (nSPS) is 24.1. The van der Waals surface area contributed by atoms with Crippen molar-refractivity contribution in [3.05, 3.63) is 22.3 Å². The highest BCUT2D eigenvalue weighted by Gasteiger charge is 2.54. The zero-order valence-electron chi connectivity index (χ0n) is 17.2. The molecule has 172 valence electrons. The van der Waals surface area contributed by atoms with Crippen molar-refractivity contribution in [1.82, 2.24) is 25.4 Å². The molecule has 0 unspecified atom stereocenters. The van der Waals surface area contributed by atoms with E-state index in [1.165, 1.54) is 23.8 Å². The first-order chi connectivity index (χ1) is 15.4. The highest BCUT2D eigenvalue weighted by atomic mass is 32.2. The fourth-order valence-corrected chi connectivity index (χ4v) is 5.73. The third-order valence-corrected chi connectivity index (χ3v) is 7.34. The van der Waals surface area contributed by atoms with Crippen LogP contribution in [0.3, 0.4) is 0 Å². The molecule has 0 aliphatic carbocycles. The number of amides is 2. The minimum Gasteiger partial charge on any atom is -0.477 e. The molecule has 0 bridgehead atoms. The molecule has 1 aromatic heterocycles. The van der Waals surface area contributed by atoms with Gasteiger partial charge in [-0.1, -0.05) is 5.16 Å². The number of thioether (sulfide) groups is 1. The van der Waals surface area contributed by atoms with E-state index >= 15 is 0 Å². The van der Waals surface area contributed by atoms with Gasteiger partial charge < -0.3 is 26.3 Å². The number of piperazine rings is 1. The largest absolute Gasteiger partial charge is 0.477 e. The Balaban J connectivity index is 1.49. The number of carboxylic acid groups (broad SMARTS) is 1. The Morgan fingerprint density at radius 3 is 2.81 bits per heavy atom. The molecule has 14 heteroatoms. The Hall–Kier alpha value is -2.68. The number of thiazole rings is 1. The zero-order chi connectivity index (χ0) is 22.8. The second-order valence-corrected chi connectivity index (χ2v) is 9.33. The number of aliphatic carboxylic acids is 1. The summed E-state index contributed by atoms with van der Waals surface area (Å²) in [6.45, 7) is 3.83. The molecule has 0 saturated carbocycles. The molecular formula is C18H23N7O5S2. The molecule has 0 spiro atoms. The monoisotopic (exact) mass is 481 g/mol. The number of nitrogen functional groups attached to an aromatic ring is 1. The van der Waals surface area contributed by atoms with Gasteiger partial charge in [0, 0.05) is 43.9 Å². The zero-order valence-corrected chi connectivity index (χ0v) is 18.9.